The Morgan fingerprint density at radius 2 is 1.13 bits per heavy atom. The van der Waals surface area contributed by atoms with E-state index in [1.54, 1.807) is 27.7 Å². The Morgan fingerprint density at radius 3 is 1.64 bits per heavy atom. The van der Waals surface area contributed by atoms with Gasteiger partial charge < -0.3 is 55.4 Å². The van der Waals surface area contributed by atoms with Gasteiger partial charge in [0, 0.05) is 68.2 Å². The van der Waals surface area contributed by atoms with Crippen molar-refractivity contribution in [3.8, 4) is 0 Å². The molecule has 534 valence electrons. The predicted molar refractivity (Wildman–Crippen MR) is 346 cm³/mol. The minimum atomic E-state index is -4.81. The number of nitrogens with one attached hydrogen (secondary N) is 4. The second-order valence-corrected chi connectivity index (χ2v) is 27.4. The molecule has 1 aliphatic rings. The van der Waals surface area contributed by atoms with Crippen LogP contribution in [0.4, 0.5) is 26.3 Å². The fourth-order valence-corrected chi connectivity index (χ4v) is 11.1. The van der Waals surface area contributed by atoms with Gasteiger partial charge in [-0.3, -0.25) is 53.3 Å². The zero-order chi connectivity index (χ0) is 72.7. The first-order chi connectivity index (χ1) is 43.7. The number of amides is 10. The molecule has 2 aromatic carbocycles. The lowest BCUT2D eigenvalue weighted by Gasteiger charge is -2.39. The summed E-state index contributed by atoms with van der Waals surface area (Å²) in [5.74, 6) is -8.80. The smallest absolute Gasteiger partial charge is 0.376 e. The van der Waals surface area contributed by atoms with Crippen molar-refractivity contribution in [2.75, 3.05) is 69.0 Å². The van der Waals surface area contributed by atoms with Crippen LogP contribution in [0.5, 0.6) is 0 Å². The summed E-state index contributed by atoms with van der Waals surface area (Å²) in [6, 6.07) is -1.95. The van der Waals surface area contributed by atoms with E-state index >= 15 is 0 Å². The Hall–Kier alpha value is -7.07. The molecule has 0 aromatic heterocycles. The Labute approximate surface area is 559 Å². The first kappa shape index (κ1) is 82.2. The standard InChI is InChI=1S/C66H100ClF6N11O11/c1-19-40(8)56-62(94)80(14)35-54(87)78(12)36-55(88)83(17)51(33-43-20-24-44(25-21-43)65(68,69)70)61(93)79(13)34-52(85)74-47(27-23-42-22-26-45(46(67)32-42)66(71,72)73)57(89)75-49(29-38(4)5)60(92)84(18)64(10,11)63(95)76-48(28-37(2)3)59(91)81(15)41(9)31-53(86)82(16)50(30-39(6)7)58(90)77-56/h20-22,24-26,32,37-41,47-51,56,58,77,90H,19,23,27-31,33-36H2,1-18H3,(H,74,85)(H,75,89)(H,76,95)/t40-,41+,47-,48-,49-,50-,51-,56-,58?/m0/s1. The molecule has 0 saturated carbocycles. The highest BCUT2D eigenvalue weighted by Gasteiger charge is 2.43. The highest BCUT2D eigenvalue weighted by Crippen LogP contribution is 2.35. The molecular formula is C66H100ClF6N11O11. The number of carbonyl (C=O) groups is 10. The van der Waals surface area contributed by atoms with E-state index in [9.17, 15) is 79.4 Å². The predicted octanol–water partition coefficient (Wildman–Crippen LogP) is 5.99. The van der Waals surface area contributed by atoms with Crippen LogP contribution in [0.3, 0.4) is 0 Å². The maximum absolute atomic E-state index is 14.8. The van der Waals surface area contributed by atoms with E-state index in [1.807, 2.05) is 34.6 Å². The van der Waals surface area contributed by atoms with Gasteiger partial charge in [-0.05, 0) is 112 Å². The van der Waals surface area contributed by atoms with Crippen LogP contribution in [0.25, 0.3) is 0 Å². The molecule has 22 nitrogen and oxygen atoms in total. The van der Waals surface area contributed by atoms with Gasteiger partial charge in [-0.1, -0.05) is 91.6 Å². The lowest BCUT2D eigenvalue weighted by atomic mass is 9.95. The minimum Gasteiger partial charge on any atom is -0.376 e. The van der Waals surface area contributed by atoms with Gasteiger partial charge in [0.2, 0.25) is 59.1 Å². The van der Waals surface area contributed by atoms with Crippen LogP contribution in [0.15, 0.2) is 42.5 Å². The molecule has 1 heterocycles. The molecule has 3 rings (SSSR count). The number of nitrogens with zero attached hydrogens (tertiary/aromatic N) is 7. The second-order valence-electron chi connectivity index (χ2n) is 27.0. The van der Waals surface area contributed by atoms with Crippen molar-refractivity contribution in [2.45, 2.75) is 194 Å². The van der Waals surface area contributed by atoms with Gasteiger partial charge in [-0.2, -0.15) is 26.3 Å². The van der Waals surface area contributed by atoms with Gasteiger partial charge in [0.05, 0.1) is 47.9 Å². The summed E-state index contributed by atoms with van der Waals surface area (Å²) in [5, 5.41) is 22.4. The van der Waals surface area contributed by atoms with E-state index in [0.29, 0.717) is 6.42 Å². The van der Waals surface area contributed by atoms with E-state index in [-0.39, 0.29) is 67.4 Å². The van der Waals surface area contributed by atoms with Crippen molar-refractivity contribution in [2.24, 2.45) is 23.7 Å². The molecule has 1 aliphatic heterocycles. The van der Waals surface area contributed by atoms with Crippen molar-refractivity contribution in [1.29, 1.82) is 0 Å². The van der Waals surface area contributed by atoms with Crippen molar-refractivity contribution in [3.63, 3.8) is 0 Å². The van der Waals surface area contributed by atoms with Crippen LogP contribution in [-0.2, 0) is 73.1 Å². The Kier molecular flexibility index (Phi) is 30.5. The SMILES string of the molecule is CC[C@H](C)[C@@H]1NC(O)[C@H](CC(C)C)N(C)C(=O)C[C@@H](C)N(C)C(=O)[C@H](CC(C)C)NC(=O)C(C)(C)N(C)C(=O)[C@H](CC(C)C)NC(=O)[C@H](CCc2ccc(C(F)(F)F)c(Cl)c2)NC(=O)CN(C)C(=O)[C@H](Cc2ccc(C(F)(F)F)cc2)N(C)C(=O)CN(C)C(=O)CN(C)C1=O. The van der Waals surface area contributed by atoms with E-state index < -0.39 is 174 Å². The van der Waals surface area contributed by atoms with Gasteiger partial charge in [0.15, 0.2) is 0 Å². The zero-order valence-electron chi connectivity index (χ0n) is 58.1. The van der Waals surface area contributed by atoms with Crippen LogP contribution in [0, 0.1) is 23.7 Å². The highest BCUT2D eigenvalue weighted by molar-refractivity contribution is 6.31. The molecule has 0 aliphatic carbocycles. The average Bonchev–Trinajstić information content (AvgIpc) is 0.834. The number of aliphatic hydroxyl groups is 1. The number of hydrogen-bond acceptors (Lipinski definition) is 12. The number of hydrogen-bond donors (Lipinski definition) is 5. The largest absolute Gasteiger partial charge is 0.417 e. The van der Waals surface area contributed by atoms with Gasteiger partial charge in [0.1, 0.15) is 35.9 Å². The van der Waals surface area contributed by atoms with Crippen molar-refractivity contribution in [3.05, 3.63) is 69.7 Å². The molecule has 29 heteroatoms. The fraction of sp³-hybridized carbons (Fsp3) is 0.667. The summed E-state index contributed by atoms with van der Waals surface area (Å²) < 4.78 is 82.4. The van der Waals surface area contributed by atoms with Crippen molar-refractivity contribution < 1.29 is 79.4 Å². The van der Waals surface area contributed by atoms with Crippen molar-refractivity contribution >= 4 is 70.7 Å². The third-order valence-electron chi connectivity index (χ3n) is 17.5. The molecule has 0 radical (unpaired) electrons. The fourth-order valence-electron chi connectivity index (χ4n) is 10.8. The summed E-state index contributed by atoms with van der Waals surface area (Å²) >= 11 is 6.06. The first-order valence-corrected chi connectivity index (χ1v) is 32.3. The first-order valence-electron chi connectivity index (χ1n) is 31.9. The van der Waals surface area contributed by atoms with Crippen molar-refractivity contribution in [1.82, 2.24) is 55.6 Å². The van der Waals surface area contributed by atoms with E-state index in [2.05, 4.69) is 21.3 Å². The molecule has 1 unspecified atom stereocenters. The summed E-state index contributed by atoms with van der Waals surface area (Å²) in [7, 11) is 9.27. The number of halogens is 7. The van der Waals surface area contributed by atoms with Crippen LogP contribution in [-0.4, -0.2) is 222 Å². The number of benzene rings is 2. The van der Waals surface area contributed by atoms with Crippen LogP contribution in [0.1, 0.15) is 137 Å². The minimum absolute atomic E-state index is 0.0381. The third-order valence-corrected chi connectivity index (χ3v) is 17.8. The van der Waals surface area contributed by atoms with Crippen LogP contribution in [0.2, 0.25) is 5.02 Å². The molecule has 0 spiro atoms. The van der Waals surface area contributed by atoms with E-state index in [4.69, 9.17) is 11.6 Å². The molecule has 1 saturated heterocycles. The molecule has 2 aromatic rings. The molecule has 5 N–H and O–H groups in total. The summed E-state index contributed by atoms with van der Waals surface area (Å²) in [5.41, 5.74) is -3.54. The molecule has 95 heavy (non-hydrogen) atoms. The number of alkyl halides is 6. The maximum Gasteiger partial charge on any atom is 0.417 e. The summed E-state index contributed by atoms with van der Waals surface area (Å²) in [6.45, 7) is 16.8. The monoisotopic (exact) mass is 1370 g/mol. The zero-order valence-corrected chi connectivity index (χ0v) is 58.8. The Morgan fingerprint density at radius 1 is 0.600 bits per heavy atom. The van der Waals surface area contributed by atoms with E-state index in [0.717, 1.165) is 67.0 Å². The Balaban J connectivity index is 2.27. The second kappa shape index (κ2) is 35.3. The molecular weight excluding hydrogens is 1270 g/mol. The third kappa shape index (κ3) is 23.6. The average molecular weight is 1370 g/mol. The number of rotatable bonds is 13. The maximum atomic E-state index is 14.8. The highest BCUT2D eigenvalue weighted by atomic mass is 35.5. The number of likely N-dealkylation sites (N-methyl/N-ethyl adjacent to an activating group) is 7. The molecule has 10 amide bonds. The lowest BCUT2D eigenvalue weighted by Crippen LogP contribution is -2.63. The number of aryl methyl sites for hydroxylation is 1. The lowest BCUT2D eigenvalue weighted by molar-refractivity contribution is -0.149. The molecule has 9 atom stereocenters. The van der Waals surface area contributed by atoms with Crippen LogP contribution >= 0.6 is 11.6 Å². The van der Waals surface area contributed by atoms with Gasteiger partial charge in [0.25, 0.3) is 0 Å². The van der Waals surface area contributed by atoms with E-state index in [1.165, 1.54) is 73.0 Å². The normalized spacial score (nSPS) is 24.2. The molecule has 1 fully saturated rings. The number of aliphatic hydroxyl groups excluding tert-OH is 1. The summed E-state index contributed by atoms with van der Waals surface area (Å²) in [4.78, 5) is 152. The van der Waals surface area contributed by atoms with Crippen LogP contribution < -0.4 is 21.3 Å². The van der Waals surface area contributed by atoms with Gasteiger partial charge in [-0.15, -0.1) is 0 Å². The summed E-state index contributed by atoms with van der Waals surface area (Å²) in [6.07, 6.45) is -11.5. The topological polar surface area (TPSA) is 262 Å². The van der Waals surface area contributed by atoms with Gasteiger partial charge >= 0.3 is 12.4 Å². The number of carbonyl (C=O) groups excluding carboxylic acids is 10. The quantitative estimate of drug-likeness (QED) is 0.145. The van der Waals surface area contributed by atoms with Gasteiger partial charge in [-0.25, -0.2) is 0 Å². The molecule has 0 bridgehead atoms. The Bertz CT molecular complexity index is 3010.